The molecule has 23 heteroatoms. The number of thiol groups is 1. The predicted octanol–water partition coefficient (Wildman–Crippen LogP) is 10.6. The van der Waals surface area contributed by atoms with Gasteiger partial charge in [-0.3, -0.25) is 14.4 Å². The first-order chi connectivity index (χ1) is 28.3. The van der Waals surface area contributed by atoms with Gasteiger partial charge in [0.05, 0.1) is 0 Å². The summed E-state index contributed by atoms with van der Waals surface area (Å²) in [6.07, 6.45) is 11.7. The zero-order chi connectivity index (χ0) is 47.1. The molecule has 354 valence electrons. The van der Waals surface area contributed by atoms with E-state index < -0.39 is 11.9 Å². The number of aliphatic carboxylic acids is 2. The summed E-state index contributed by atoms with van der Waals surface area (Å²) < 4.78 is 0.0371. The molecule has 0 amide bonds. The normalized spacial score (nSPS) is 10.5. The van der Waals surface area contributed by atoms with Crippen LogP contribution in [-0.2, 0) is 85.8 Å². The predicted molar refractivity (Wildman–Crippen MR) is 293 cm³/mol. The van der Waals surface area contributed by atoms with E-state index in [-0.39, 0.29) is 33.7 Å². The van der Waals surface area contributed by atoms with Crippen molar-refractivity contribution in [2.24, 2.45) is 0 Å². The fraction of sp³-hybridized carbons (Fsp3) is 0.784. The Kier molecular flexibility index (Phi) is 60.8. The van der Waals surface area contributed by atoms with Crippen molar-refractivity contribution < 1.29 is 39.9 Å². The SMILES string of the molecule is CC(C)(CCC(=O)O)SSCCCCO.CC(C)(S)CCC(=O)O.CCC(=O)CCC(C)(C)SSCCCCO.OCCCCSSc1ccccn1.S=S.S=S=S=S=S. The highest BCUT2D eigenvalue weighted by Crippen LogP contribution is 2.40. The van der Waals surface area contributed by atoms with Crippen LogP contribution >= 0.6 is 77.4 Å². The number of hydrogen-bond acceptors (Lipinski definition) is 18. The molecule has 0 bridgehead atoms. The van der Waals surface area contributed by atoms with Crippen LogP contribution in [0.5, 0.6) is 0 Å². The highest BCUT2D eigenvalue weighted by atomic mass is 33.3. The lowest BCUT2D eigenvalue weighted by Crippen LogP contribution is -2.15. The fourth-order valence-electron chi connectivity index (χ4n) is 3.25. The van der Waals surface area contributed by atoms with Crippen LogP contribution in [0.2, 0.25) is 0 Å². The molecule has 0 unspecified atom stereocenters. The van der Waals surface area contributed by atoms with Gasteiger partial charge < -0.3 is 25.5 Å². The zero-order valence-corrected chi connectivity index (χ0v) is 47.4. The molecule has 1 aromatic rings. The molecule has 0 spiro atoms. The highest BCUT2D eigenvalue weighted by Gasteiger charge is 2.21. The molecule has 0 saturated carbocycles. The lowest BCUT2D eigenvalue weighted by atomic mass is 10.0. The van der Waals surface area contributed by atoms with Crippen LogP contribution in [0.4, 0.5) is 0 Å². The molecule has 0 aliphatic heterocycles. The van der Waals surface area contributed by atoms with Gasteiger partial charge in [-0.15, -0.1) is 0 Å². The van der Waals surface area contributed by atoms with E-state index in [1.54, 1.807) is 49.4 Å². The third-order valence-electron chi connectivity index (χ3n) is 6.61. The molecule has 0 aromatic carbocycles. The molecule has 1 rings (SSSR count). The molecule has 1 heterocycles. The van der Waals surface area contributed by atoms with Gasteiger partial charge in [-0.25, -0.2) is 4.98 Å². The standard InChI is InChI=1S/C12H24O2S2.C10H20O3S2.C9H13NOS2.C6H12O2S.S5.S2/c1-4-11(14)7-8-12(2,3)16-15-10-6-5-9-13;1-10(2,6-5-9(12)13)15-14-8-4-3-7-11;11-7-3-4-8-12-13-9-5-1-2-6-10-9;1-6(2,9)4-3-5(7)8;1-3-5-4-2;1-2/h13H,4-10H2,1-3H3;11H,3-8H2,1-2H3,(H,12,13);1-2,5-6,11H,3-4,7-8H2;9H,3-4H2,1-2H3,(H,7,8);;. The largest absolute Gasteiger partial charge is 0.481 e. The summed E-state index contributed by atoms with van der Waals surface area (Å²) in [6, 6.07) is 5.91. The first kappa shape index (κ1) is 70.6. The molecule has 0 saturated heterocycles. The molecule has 0 radical (unpaired) electrons. The van der Waals surface area contributed by atoms with E-state index >= 15 is 0 Å². The summed E-state index contributed by atoms with van der Waals surface area (Å²) in [4.78, 5) is 35.8. The number of carboxylic acid groups (broad SMARTS) is 2. The zero-order valence-electron chi connectivity index (χ0n) is 35.9. The summed E-state index contributed by atoms with van der Waals surface area (Å²) in [5, 5.41) is 43.7. The molecule has 0 fully saturated rings. The second-order valence-electron chi connectivity index (χ2n) is 13.9. The number of carbonyl (C=O) groups is 3. The van der Waals surface area contributed by atoms with E-state index in [2.05, 4.69) is 90.1 Å². The van der Waals surface area contributed by atoms with Gasteiger partial charge in [0, 0.05) is 155 Å². The number of nitrogens with zero attached hydrogens (tertiary/aromatic N) is 1. The Hall–Kier alpha value is 1.63. The Bertz CT molecular complexity index is 1270. The number of aliphatic hydroxyl groups is 3. The van der Waals surface area contributed by atoms with Crippen molar-refractivity contribution in [2.75, 3.05) is 37.1 Å². The lowest BCUT2D eigenvalue weighted by Gasteiger charge is -2.22. The van der Waals surface area contributed by atoms with Gasteiger partial charge in [0.2, 0.25) is 0 Å². The van der Waals surface area contributed by atoms with Crippen molar-refractivity contribution >= 4 is 167 Å². The summed E-state index contributed by atoms with van der Waals surface area (Å²) in [6.45, 7) is 15.1. The van der Waals surface area contributed by atoms with E-state index in [1.165, 1.54) is 26.6 Å². The van der Waals surface area contributed by atoms with E-state index in [1.807, 2.05) is 60.6 Å². The van der Waals surface area contributed by atoms with Crippen molar-refractivity contribution in [3.63, 3.8) is 0 Å². The van der Waals surface area contributed by atoms with Gasteiger partial charge in [0.1, 0.15) is 10.8 Å². The topological polar surface area (TPSA) is 165 Å². The van der Waals surface area contributed by atoms with Crippen LogP contribution in [0.15, 0.2) is 29.4 Å². The quantitative estimate of drug-likeness (QED) is 0.0266. The van der Waals surface area contributed by atoms with Crippen molar-refractivity contribution in [1.82, 2.24) is 4.98 Å². The van der Waals surface area contributed by atoms with Crippen LogP contribution in [0.25, 0.3) is 0 Å². The number of hydrogen-bond donors (Lipinski definition) is 6. The summed E-state index contributed by atoms with van der Waals surface area (Å²) in [5.74, 6) is 2.05. The van der Waals surface area contributed by atoms with Crippen molar-refractivity contribution in [1.29, 1.82) is 0 Å². The molecule has 9 nitrogen and oxygen atoms in total. The van der Waals surface area contributed by atoms with E-state index in [4.69, 9.17) is 25.5 Å². The second-order valence-corrected chi connectivity index (χ2v) is 29.1. The molecule has 0 atom stereocenters. The number of pyridine rings is 1. The van der Waals surface area contributed by atoms with Gasteiger partial charge in [0.15, 0.2) is 0 Å². The average Bonchev–Trinajstić information content (AvgIpc) is 3.20. The van der Waals surface area contributed by atoms with Gasteiger partial charge in [-0.2, -0.15) is 12.6 Å². The molecule has 1 aromatic heterocycles. The van der Waals surface area contributed by atoms with Crippen LogP contribution in [0.3, 0.4) is 0 Å². The van der Waals surface area contributed by atoms with Crippen LogP contribution < -0.4 is 0 Å². The van der Waals surface area contributed by atoms with Crippen molar-refractivity contribution in [3.05, 3.63) is 24.4 Å². The summed E-state index contributed by atoms with van der Waals surface area (Å²) in [7, 11) is 14.7. The smallest absolute Gasteiger partial charge is 0.303 e. The molecule has 60 heavy (non-hydrogen) atoms. The summed E-state index contributed by atoms with van der Waals surface area (Å²) in [5.41, 5.74) is 0. The molecule has 5 N–H and O–H groups in total. The number of unbranched alkanes of at least 4 members (excludes halogenated alkanes) is 3. The maximum Gasteiger partial charge on any atom is 0.303 e. The van der Waals surface area contributed by atoms with Crippen LogP contribution in [0.1, 0.15) is 132 Å². The second kappa shape index (κ2) is 51.6. The van der Waals surface area contributed by atoms with Crippen LogP contribution in [0, 0.1) is 0 Å². The van der Waals surface area contributed by atoms with Gasteiger partial charge in [-0.05, 0) is 108 Å². The third kappa shape index (κ3) is 68.7. The molecule has 0 aliphatic rings. The maximum atomic E-state index is 11.2. The Labute approximate surface area is 419 Å². The number of aromatic nitrogens is 1. The Morgan fingerprint density at radius 2 is 1.08 bits per heavy atom. The molecular formula is C37H69NO8S14. The molecule has 0 aliphatic carbocycles. The number of ketones is 1. The third-order valence-corrected chi connectivity index (χ3v) is 20.5. The van der Waals surface area contributed by atoms with Crippen molar-refractivity contribution in [2.45, 2.75) is 151 Å². The monoisotopic (exact) mass is 1100 g/mol. The molecular weight excluding hydrogens is 1040 g/mol. The van der Waals surface area contributed by atoms with E-state index in [0.29, 0.717) is 44.7 Å². The summed E-state index contributed by atoms with van der Waals surface area (Å²) >= 11 is 20.4. The van der Waals surface area contributed by atoms with Gasteiger partial charge in [0.25, 0.3) is 0 Å². The van der Waals surface area contributed by atoms with Crippen molar-refractivity contribution in [3.8, 4) is 0 Å². The first-order valence-corrected chi connectivity index (χ1v) is 33.1. The lowest BCUT2D eigenvalue weighted by molar-refractivity contribution is -0.138. The van der Waals surface area contributed by atoms with E-state index in [0.717, 1.165) is 67.2 Å². The minimum atomic E-state index is -0.753. The number of rotatable bonds is 28. The maximum absolute atomic E-state index is 11.2. The Morgan fingerprint density at radius 3 is 1.40 bits per heavy atom. The van der Waals surface area contributed by atoms with Gasteiger partial charge >= 0.3 is 11.9 Å². The average molecular weight is 1100 g/mol. The number of aliphatic hydroxyl groups excluding tert-OH is 3. The minimum Gasteiger partial charge on any atom is -0.481 e. The van der Waals surface area contributed by atoms with Crippen LogP contribution in [-0.4, -0.2) is 99.6 Å². The number of carbonyl (C=O) groups excluding carboxylic acids is 1. The fourth-order valence-corrected chi connectivity index (χ4v) is 13.6. The first-order valence-electron chi connectivity index (χ1n) is 19.0. The van der Waals surface area contributed by atoms with E-state index in [9.17, 15) is 14.4 Å². The Morgan fingerprint density at radius 1 is 0.667 bits per heavy atom. The highest BCUT2D eigenvalue weighted by molar-refractivity contribution is 8.77. The Balaban J connectivity index is -0.000000215. The number of carboxylic acids is 2. The van der Waals surface area contributed by atoms with Gasteiger partial charge in [-0.1, -0.05) is 80.8 Å². The number of Topliss-reactive ketones (excluding diaryl/α,β-unsaturated/α-hetero) is 1. The minimum absolute atomic E-state index is 0.0161.